The normalized spacial score (nSPS) is 21.8. The molecule has 1 aliphatic rings. The molecule has 1 saturated heterocycles. The molecule has 1 heterocycles. The molecule has 0 saturated carbocycles. The number of hydrogen-bond acceptors (Lipinski definition) is 3. The van der Waals surface area contributed by atoms with Crippen molar-refractivity contribution in [3.05, 3.63) is 34.9 Å². The number of benzene rings is 1. The van der Waals surface area contributed by atoms with Gasteiger partial charge in [-0.1, -0.05) is 37.6 Å². The van der Waals surface area contributed by atoms with Gasteiger partial charge in [-0.25, -0.2) is 0 Å². The zero-order valence-electron chi connectivity index (χ0n) is 13.6. The minimum atomic E-state index is -0.379. The highest BCUT2D eigenvalue weighted by Crippen LogP contribution is 2.25. The fraction of sp³-hybridized carbons (Fsp3) is 0.588. The Morgan fingerprint density at radius 1 is 1.35 bits per heavy atom. The summed E-state index contributed by atoms with van der Waals surface area (Å²) in [5.41, 5.74) is 6.67. The SMILES string of the molecule is CC(C)CC(NC(=O)[C@@H]1CC[C@H](CN)O1)c1ccc(Cl)cc1.Cl. The Hall–Kier alpha value is -0.810. The van der Waals surface area contributed by atoms with Crippen LogP contribution in [0.25, 0.3) is 0 Å². The molecule has 3 N–H and O–H groups in total. The van der Waals surface area contributed by atoms with Gasteiger partial charge in [0.1, 0.15) is 6.10 Å². The first-order valence-electron chi connectivity index (χ1n) is 7.91. The summed E-state index contributed by atoms with van der Waals surface area (Å²) in [6, 6.07) is 7.62. The van der Waals surface area contributed by atoms with Crippen molar-refractivity contribution in [2.75, 3.05) is 6.54 Å². The number of rotatable bonds is 6. The quantitative estimate of drug-likeness (QED) is 0.816. The Kier molecular flexibility index (Phi) is 8.34. The molecule has 1 aliphatic heterocycles. The van der Waals surface area contributed by atoms with Gasteiger partial charge in [-0.2, -0.15) is 0 Å². The van der Waals surface area contributed by atoms with E-state index in [2.05, 4.69) is 19.2 Å². The van der Waals surface area contributed by atoms with Crippen LogP contribution >= 0.6 is 24.0 Å². The van der Waals surface area contributed by atoms with Crippen LogP contribution in [0.2, 0.25) is 5.02 Å². The van der Waals surface area contributed by atoms with Gasteiger partial charge in [0.25, 0.3) is 0 Å². The third kappa shape index (κ3) is 5.96. The van der Waals surface area contributed by atoms with Gasteiger partial charge in [0.2, 0.25) is 5.91 Å². The molecule has 1 unspecified atom stereocenters. The van der Waals surface area contributed by atoms with E-state index >= 15 is 0 Å². The van der Waals surface area contributed by atoms with Crippen LogP contribution in [-0.2, 0) is 9.53 Å². The number of carbonyl (C=O) groups is 1. The van der Waals surface area contributed by atoms with E-state index in [4.69, 9.17) is 22.1 Å². The molecule has 0 radical (unpaired) electrons. The van der Waals surface area contributed by atoms with Gasteiger partial charge >= 0.3 is 0 Å². The second kappa shape index (κ2) is 9.48. The highest BCUT2D eigenvalue weighted by molar-refractivity contribution is 6.30. The first-order chi connectivity index (χ1) is 10.5. The van der Waals surface area contributed by atoms with Crippen LogP contribution in [0.4, 0.5) is 0 Å². The minimum Gasteiger partial charge on any atom is -0.364 e. The third-order valence-corrected chi connectivity index (χ3v) is 4.21. The number of halogens is 2. The van der Waals surface area contributed by atoms with Crippen LogP contribution in [0.15, 0.2) is 24.3 Å². The standard InChI is InChI=1S/C17H25ClN2O2.ClH/c1-11(2)9-15(12-3-5-13(18)6-4-12)20-17(21)16-8-7-14(10-19)22-16;/h3-6,11,14-16H,7-10,19H2,1-2H3,(H,20,21);1H/t14-,15?,16+;/m1./s1. The van der Waals surface area contributed by atoms with Crippen molar-refractivity contribution in [1.82, 2.24) is 5.32 Å². The van der Waals surface area contributed by atoms with Crippen LogP contribution in [0, 0.1) is 5.92 Å². The van der Waals surface area contributed by atoms with Crippen molar-refractivity contribution >= 4 is 29.9 Å². The zero-order chi connectivity index (χ0) is 16.1. The molecular formula is C17H26Cl2N2O2. The van der Waals surface area contributed by atoms with Gasteiger partial charge in [0.05, 0.1) is 12.1 Å². The number of nitrogens with two attached hydrogens (primary N) is 1. The van der Waals surface area contributed by atoms with Crippen LogP contribution in [0.1, 0.15) is 44.7 Å². The average molecular weight is 361 g/mol. The van der Waals surface area contributed by atoms with E-state index in [9.17, 15) is 4.79 Å². The highest BCUT2D eigenvalue weighted by Gasteiger charge is 2.31. The summed E-state index contributed by atoms with van der Waals surface area (Å²) in [5.74, 6) is 0.429. The van der Waals surface area contributed by atoms with Crippen molar-refractivity contribution in [2.24, 2.45) is 11.7 Å². The van der Waals surface area contributed by atoms with E-state index in [-0.39, 0.29) is 36.6 Å². The number of hydrogen-bond donors (Lipinski definition) is 2. The fourth-order valence-electron chi connectivity index (χ4n) is 2.78. The average Bonchev–Trinajstić information content (AvgIpc) is 2.96. The Balaban J connectivity index is 0.00000264. The predicted molar refractivity (Wildman–Crippen MR) is 96.0 cm³/mol. The molecular weight excluding hydrogens is 335 g/mol. The Labute approximate surface area is 149 Å². The second-order valence-electron chi connectivity index (χ2n) is 6.30. The van der Waals surface area contributed by atoms with E-state index in [0.717, 1.165) is 24.8 Å². The van der Waals surface area contributed by atoms with Crippen molar-refractivity contribution in [3.8, 4) is 0 Å². The molecule has 23 heavy (non-hydrogen) atoms. The minimum absolute atomic E-state index is 0. The van der Waals surface area contributed by atoms with E-state index in [1.165, 1.54) is 0 Å². The number of carbonyl (C=O) groups excluding carboxylic acids is 1. The summed E-state index contributed by atoms with van der Waals surface area (Å²) in [6.45, 7) is 4.76. The predicted octanol–water partition coefficient (Wildman–Crippen LogP) is 3.47. The third-order valence-electron chi connectivity index (χ3n) is 3.96. The van der Waals surface area contributed by atoms with E-state index in [1.807, 2.05) is 24.3 Å². The van der Waals surface area contributed by atoms with Gasteiger partial charge in [0, 0.05) is 11.6 Å². The largest absolute Gasteiger partial charge is 0.364 e. The summed E-state index contributed by atoms with van der Waals surface area (Å²) >= 11 is 5.94. The van der Waals surface area contributed by atoms with Gasteiger partial charge in [-0.15, -0.1) is 12.4 Å². The first kappa shape index (κ1) is 20.2. The van der Waals surface area contributed by atoms with Gasteiger partial charge in [-0.3, -0.25) is 4.79 Å². The Bertz CT molecular complexity index is 494. The van der Waals surface area contributed by atoms with Crippen LogP contribution in [-0.4, -0.2) is 24.7 Å². The first-order valence-corrected chi connectivity index (χ1v) is 8.28. The lowest BCUT2D eigenvalue weighted by atomic mass is 9.96. The molecule has 2 rings (SSSR count). The van der Waals surface area contributed by atoms with Gasteiger partial charge < -0.3 is 15.8 Å². The van der Waals surface area contributed by atoms with E-state index in [1.54, 1.807) is 0 Å². The highest BCUT2D eigenvalue weighted by atomic mass is 35.5. The molecule has 0 aromatic heterocycles. The Morgan fingerprint density at radius 2 is 2.00 bits per heavy atom. The molecule has 1 amide bonds. The molecule has 130 valence electrons. The maximum Gasteiger partial charge on any atom is 0.249 e. The lowest BCUT2D eigenvalue weighted by Gasteiger charge is -2.23. The van der Waals surface area contributed by atoms with Crippen LogP contribution in [0.5, 0.6) is 0 Å². The lowest BCUT2D eigenvalue weighted by molar-refractivity contribution is -0.132. The molecule has 6 heteroatoms. The fourth-order valence-corrected chi connectivity index (χ4v) is 2.91. The van der Waals surface area contributed by atoms with Crippen molar-refractivity contribution < 1.29 is 9.53 Å². The molecule has 1 aromatic carbocycles. The summed E-state index contributed by atoms with van der Waals surface area (Å²) in [5, 5.41) is 3.82. The maximum atomic E-state index is 12.4. The molecule has 0 aliphatic carbocycles. The summed E-state index contributed by atoms with van der Waals surface area (Å²) in [6.07, 6.45) is 2.10. The second-order valence-corrected chi connectivity index (χ2v) is 6.74. The van der Waals surface area contributed by atoms with Crippen LogP contribution < -0.4 is 11.1 Å². The summed E-state index contributed by atoms with van der Waals surface area (Å²) in [4.78, 5) is 12.4. The number of nitrogens with one attached hydrogen (secondary N) is 1. The molecule has 0 bridgehead atoms. The van der Waals surface area contributed by atoms with Crippen LogP contribution in [0.3, 0.4) is 0 Å². The van der Waals surface area contributed by atoms with Gasteiger partial charge in [0.15, 0.2) is 0 Å². The molecule has 3 atom stereocenters. The number of ether oxygens (including phenoxy) is 1. The topological polar surface area (TPSA) is 64.4 Å². The molecule has 4 nitrogen and oxygen atoms in total. The van der Waals surface area contributed by atoms with E-state index < -0.39 is 0 Å². The Morgan fingerprint density at radius 3 is 2.52 bits per heavy atom. The lowest BCUT2D eigenvalue weighted by Crippen LogP contribution is -2.38. The molecule has 1 aromatic rings. The van der Waals surface area contributed by atoms with Crippen molar-refractivity contribution in [1.29, 1.82) is 0 Å². The van der Waals surface area contributed by atoms with Crippen molar-refractivity contribution in [2.45, 2.75) is 51.4 Å². The summed E-state index contributed by atoms with van der Waals surface area (Å²) in [7, 11) is 0. The summed E-state index contributed by atoms with van der Waals surface area (Å²) < 4.78 is 5.68. The zero-order valence-corrected chi connectivity index (χ0v) is 15.2. The molecule has 1 fully saturated rings. The smallest absolute Gasteiger partial charge is 0.249 e. The number of amides is 1. The van der Waals surface area contributed by atoms with Crippen molar-refractivity contribution in [3.63, 3.8) is 0 Å². The molecule has 0 spiro atoms. The van der Waals surface area contributed by atoms with E-state index in [0.29, 0.717) is 17.5 Å². The van der Waals surface area contributed by atoms with Gasteiger partial charge in [-0.05, 0) is 42.9 Å². The monoisotopic (exact) mass is 360 g/mol. The maximum absolute atomic E-state index is 12.4.